The number of para-hydroxylation sites is 1. The number of phenols is 1. The van der Waals surface area contributed by atoms with Gasteiger partial charge in [-0.1, -0.05) is 29.8 Å². The van der Waals surface area contributed by atoms with Crippen molar-refractivity contribution in [2.45, 2.75) is 6.54 Å². The lowest BCUT2D eigenvalue weighted by Gasteiger charge is -2.08. The van der Waals surface area contributed by atoms with Crippen LogP contribution < -0.4 is 5.32 Å². The maximum Gasteiger partial charge on any atom is 0.120 e. The Kier molecular flexibility index (Phi) is 3.27. The molecule has 0 bridgehead atoms. The Morgan fingerprint density at radius 1 is 1.25 bits per heavy atom. The smallest absolute Gasteiger partial charge is 0.120 e. The molecule has 0 unspecified atom stereocenters. The summed E-state index contributed by atoms with van der Waals surface area (Å²) in [6.45, 7) is 0.512. The predicted molar refractivity (Wildman–Crippen MR) is 64.7 cm³/mol. The molecule has 0 radical (unpaired) electrons. The third-order valence-electron chi connectivity index (χ3n) is 2.23. The lowest BCUT2D eigenvalue weighted by Crippen LogP contribution is -2.00. The molecule has 3 nitrogen and oxygen atoms in total. The van der Waals surface area contributed by atoms with Crippen molar-refractivity contribution >= 4 is 17.3 Å². The van der Waals surface area contributed by atoms with Gasteiger partial charge in [-0.2, -0.15) is 0 Å². The third-order valence-corrected chi connectivity index (χ3v) is 2.56. The highest BCUT2D eigenvalue weighted by atomic mass is 35.5. The number of hydrogen-bond donors (Lipinski definition) is 2. The first-order chi connectivity index (χ1) is 7.77. The van der Waals surface area contributed by atoms with Gasteiger partial charge in [-0.25, -0.2) is 0 Å². The molecule has 2 aromatic rings. The van der Waals surface area contributed by atoms with Crippen LogP contribution in [0, 0.1) is 0 Å². The van der Waals surface area contributed by atoms with Gasteiger partial charge in [0.05, 0.1) is 16.9 Å². The van der Waals surface area contributed by atoms with Crippen molar-refractivity contribution in [1.82, 2.24) is 4.98 Å². The van der Waals surface area contributed by atoms with E-state index >= 15 is 0 Å². The molecular formula is C12H11ClN2O. The second-order valence-corrected chi connectivity index (χ2v) is 3.74. The van der Waals surface area contributed by atoms with Crippen LogP contribution in [0.2, 0.25) is 5.02 Å². The number of aromatic nitrogens is 1. The average Bonchev–Trinajstić information content (AvgIpc) is 2.30. The Labute approximate surface area is 98.7 Å². The number of hydrogen-bond acceptors (Lipinski definition) is 3. The van der Waals surface area contributed by atoms with Gasteiger partial charge in [-0.05, 0) is 12.1 Å². The molecule has 0 saturated carbocycles. The van der Waals surface area contributed by atoms with Gasteiger partial charge in [0.2, 0.25) is 0 Å². The molecule has 0 amide bonds. The Hall–Kier alpha value is -1.74. The van der Waals surface area contributed by atoms with Gasteiger partial charge in [0.25, 0.3) is 0 Å². The second kappa shape index (κ2) is 4.86. The van der Waals surface area contributed by atoms with Gasteiger partial charge < -0.3 is 10.4 Å². The summed E-state index contributed by atoms with van der Waals surface area (Å²) in [4.78, 5) is 3.97. The van der Waals surface area contributed by atoms with Crippen molar-refractivity contribution in [3.8, 4) is 5.75 Å². The lowest BCUT2D eigenvalue weighted by atomic mass is 10.2. The van der Waals surface area contributed by atoms with Crippen molar-refractivity contribution < 1.29 is 5.11 Å². The molecule has 1 aromatic heterocycles. The van der Waals surface area contributed by atoms with Crippen LogP contribution in [0.1, 0.15) is 5.56 Å². The minimum Gasteiger partial charge on any atom is -0.508 e. The van der Waals surface area contributed by atoms with Crippen LogP contribution in [0.25, 0.3) is 0 Å². The third kappa shape index (κ3) is 2.44. The van der Waals surface area contributed by atoms with E-state index in [1.54, 1.807) is 30.6 Å². The topological polar surface area (TPSA) is 45.1 Å². The van der Waals surface area contributed by atoms with Gasteiger partial charge in [0.1, 0.15) is 5.75 Å². The van der Waals surface area contributed by atoms with Crippen molar-refractivity contribution in [3.05, 3.63) is 53.3 Å². The molecule has 0 aliphatic carbocycles. The highest BCUT2D eigenvalue weighted by Gasteiger charge is 2.01. The first kappa shape index (κ1) is 10.8. The first-order valence-electron chi connectivity index (χ1n) is 4.87. The molecular weight excluding hydrogens is 224 g/mol. The van der Waals surface area contributed by atoms with Gasteiger partial charge >= 0.3 is 0 Å². The molecule has 0 aliphatic heterocycles. The fraction of sp³-hybridized carbons (Fsp3) is 0.0833. The van der Waals surface area contributed by atoms with Crippen LogP contribution in [-0.4, -0.2) is 10.1 Å². The average molecular weight is 235 g/mol. The fourth-order valence-electron chi connectivity index (χ4n) is 1.36. The van der Waals surface area contributed by atoms with E-state index in [1.165, 1.54) is 0 Å². The van der Waals surface area contributed by atoms with E-state index in [1.807, 2.05) is 12.1 Å². The molecule has 82 valence electrons. The summed E-state index contributed by atoms with van der Waals surface area (Å²) in [7, 11) is 0. The summed E-state index contributed by atoms with van der Waals surface area (Å²) in [5.74, 6) is 0.273. The number of nitrogens with zero attached hydrogens (tertiary/aromatic N) is 1. The monoisotopic (exact) mass is 234 g/mol. The van der Waals surface area contributed by atoms with Crippen LogP contribution in [0.15, 0.2) is 42.7 Å². The molecule has 2 N–H and O–H groups in total. The predicted octanol–water partition coefficient (Wildman–Crippen LogP) is 3.05. The largest absolute Gasteiger partial charge is 0.508 e. The molecule has 1 heterocycles. The van der Waals surface area contributed by atoms with E-state index in [0.717, 1.165) is 11.3 Å². The zero-order chi connectivity index (χ0) is 11.4. The lowest BCUT2D eigenvalue weighted by molar-refractivity contribution is 0.469. The number of anilines is 1. The highest BCUT2D eigenvalue weighted by Crippen LogP contribution is 2.22. The Balaban J connectivity index is 2.09. The van der Waals surface area contributed by atoms with Gasteiger partial charge in [0.15, 0.2) is 0 Å². The number of phenolic OH excluding ortho intramolecular Hbond substituents is 1. The molecule has 0 fully saturated rings. The first-order valence-corrected chi connectivity index (χ1v) is 5.25. The van der Waals surface area contributed by atoms with Crippen LogP contribution in [0.3, 0.4) is 0 Å². The Morgan fingerprint density at radius 2 is 2.06 bits per heavy atom. The Bertz CT molecular complexity index is 442. The summed E-state index contributed by atoms with van der Waals surface area (Å²) < 4.78 is 0. The van der Waals surface area contributed by atoms with E-state index in [9.17, 15) is 5.11 Å². The van der Waals surface area contributed by atoms with Crippen molar-refractivity contribution in [1.29, 1.82) is 0 Å². The molecule has 16 heavy (non-hydrogen) atoms. The maximum absolute atomic E-state index is 9.57. The molecule has 0 atom stereocenters. The van der Waals surface area contributed by atoms with E-state index in [-0.39, 0.29) is 5.75 Å². The maximum atomic E-state index is 9.57. The van der Waals surface area contributed by atoms with Crippen LogP contribution in [-0.2, 0) is 6.54 Å². The number of pyridine rings is 1. The number of aromatic hydroxyl groups is 1. The fourth-order valence-corrected chi connectivity index (χ4v) is 1.53. The standard InChI is InChI=1S/C12H11ClN2O/c13-10-5-6-14-8-11(10)15-7-9-3-1-2-4-12(9)16/h1-6,8,15-16H,7H2. The van der Waals surface area contributed by atoms with Crippen LogP contribution >= 0.6 is 11.6 Å². The van der Waals surface area contributed by atoms with Crippen molar-refractivity contribution in [2.24, 2.45) is 0 Å². The minimum atomic E-state index is 0.273. The van der Waals surface area contributed by atoms with E-state index in [4.69, 9.17) is 11.6 Å². The highest BCUT2D eigenvalue weighted by molar-refractivity contribution is 6.33. The van der Waals surface area contributed by atoms with Gasteiger partial charge in [-0.15, -0.1) is 0 Å². The van der Waals surface area contributed by atoms with Crippen molar-refractivity contribution in [3.63, 3.8) is 0 Å². The molecule has 2 rings (SSSR count). The summed E-state index contributed by atoms with van der Waals surface area (Å²) in [5.41, 5.74) is 1.58. The molecule has 4 heteroatoms. The summed E-state index contributed by atoms with van der Waals surface area (Å²) in [6.07, 6.45) is 3.29. The zero-order valence-electron chi connectivity index (χ0n) is 8.52. The molecule has 1 aromatic carbocycles. The second-order valence-electron chi connectivity index (χ2n) is 3.34. The minimum absolute atomic E-state index is 0.273. The SMILES string of the molecule is Oc1ccccc1CNc1cnccc1Cl. The molecule has 0 saturated heterocycles. The van der Waals surface area contributed by atoms with E-state index in [0.29, 0.717) is 11.6 Å². The van der Waals surface area contributed by atoms with Gasteiger partial charge in [0, 0.05) is 18.3 Å². The van der Waals surface area contributed by atoms with E-state index in [2.05, 4.69) is 10.3 Å². The van der Waals surface area contributed by atoms with Crippen LogP contribution in [0.5, 0.6) is 5.75 Å². The molecule has 0 spiro atoms. The number of nitrogens with one attached hydrogen (secondary N) is 1. The number of benzene rings is 1. The van der Waals surface area contributed by atoms with Crippen LogP contribution in [0.4, 0.5) is 5.69 Å². The summed E-state index contributed by atoms with van der Waals surface area (Å²) in [6, 6.07) is 8.89. The summed E-state index contributed by atoms with van der Waals surface area (Å²) >= 11 is 5.97. The molecule has 0 aliphatic rings. The Morgan fingerprint density at radius 3 is 2.81 bits per heavy atom. The normalized spacial score (nSPS) is 10.1. The number of rotatable bonds is 3. The number of halogens is 1. The van der Waals surface area contributed by atoms with Crippen molar-refractivity contribution in [2.75, 3.05) is 5.32 Å². The zero-order valence-corrected chi connectivity index (χ0v) is 9.28. The summed E-state index contributed by atoms with van der Waals surface area (Å²) in [5, 5.41) is 13.3. The van der Waals surface area contributed by atoms with E-state index < -0.39 is 0 Å². The van der Waals surface area contributed by atoms with Gasteiger partial charge in [-0.3, -0.25) is 4.98 Å². The quantitative estimate of drug-likeness (QED) is 0.858.